The van der Waals surface area contributed by atoms with Crippen LogP contribution in [0.4, 0.5) is 0 Å². The number of piperidine rings is 1. The van der Waals surface area contributed by atoms with Crippen LogP contribution in [-0.2, 0) is 13.0 Å². The highest BCUT2D eigenvalue weighted by Gasteiger charge is 2.19. The number of aromatic nitrogens is 1. The summed E-state index contributed by atoms with van der Waals surface area (Å²) < 4.78 is 0. The second-order valence-electron chi connectivity index (χ2n) is 6.35. The number of thiazole rings is 1. The fourth-order valence-electron chi connectivity index (χ4n) is 2.69. The van der Waals surface area contributed by atoms with E-state index in [1.807, 2.05) is 6.92 Å². The van der Waals surface area contributed by atoms with Crippen molar-refractivity contribution in [3.05, 3.63) is 28.2 Å². The van der Waals surface area contributed by atoms with E-state index in [9.17, 15) is 0 Å². The lowest BCUT2D eigenvalue weighted by Crippen LogP contribution is -2.40. The molecule has 3 N–H and O–H groups in total. The van der Waals surface area contributed by atoms with E-state index in [0.717, 1.165) is 38.2 Å². The van der Waals surface area contributed by atoms with Gasteiger partial charge < -0.3 is 11.1 Å². The van der Waals surface area contributed by atoms with Crippen molar-refractivity contribution in [2.24, 2.45) is 16.6 Å². The largest absolute Gasteiger partial charge is 0.370 e. The first-order valence-electron chi connectivity index (χ1n) is 8.40. The molecule has 0 amide bonds. The molecule has 0 aliphatic carbocycles. The summed E-state index contributed by atoms with van der Waals surface area (Å²) in [6, 6.07) is 0. The number of aliphatic imine (C=N–C) groups is 1. The molecule has 2 rings (SSSR count). The Labute approximate surface area is 166 Å². The van der Waals surface area contributed by atoms with Crippen molar-refractivity contribution < 1.29 is 0 Å². The Morgan fingerprint density at radius 1 is 1.50 bits per heavy atom. The smallest absolute Gasteiger partial charge is 0.188 e. The number of nitrogens with two attached hydrogens (primary N) is 1. The normalized spacial score (nSPS) is 16.7. The molecular weight excluding hydrogens is 433 g/mol. The van der Waals surface area contributed by atoms with Crippen LogP contribution in [0.15, 0.2) is 22.5 Å². The van der Waals surface area contributed by atoms with Gasteiger partial charge in [0.1, 0.15) is 0 Å². The molecule has 1 aliphatic rings. The summed E-state index contributed by atoms with van der Waals surface area (Å²) in [5.41, 5.74) is 8.11. The van der Waals surface area contributed by atoms with Crippen LogP contribution in [0.5, 0.6) is 0 Å². The Bertz CT molecular complexity index is 535. The van der Waals surface area contributed by atoms with Gasteiger partial charge in [-0.15, -0.1) is 35.3 Å². The predicted octanol–water partition coefficient (Wildman–Crippen LogP) is 3.02. The van der Waals surface area contributed by atoms with Gasteiger partial charge >= 0.3 is 0 Å². The van der Waals surface area contributed by atoms with Crippen molar-refractivity contribution in [1.29, 1.82) is 0 Å². The summed E-state index contributed by atoms with van der Waals surface area (Å²) in [6.45, 7) is 12.7. The summed E-state index contributed by atoms with van der Waals surface area (Å²) in [4.78, 5) is 11.4. The lowest BCUT2D eigenvalue weighted by Gasteiger charge is -2.31. The monoisotopic (exact) mass is 463 g/mol. The number of hydrogen-bond acceptors (Lipinski definition) is 4. The predicted molar refractivity (Wildman–Crippen MR) is 114 cm³/mol. The summed E-state index contributed by atoms with van der Waals surface area (Å²) in [6.07, 6.45) is 3.43. The van der Waals surface area contributed by atoms with E-state index >= 15 is 0 Å². The number of likely N-dealkylation sites (tertiary alicyclic amines) is 1. The molecule has 0 atom stereocenters. The molecule has 0 spiro atoms. The average Bonchev–Trinajstić information content (AvgIpc) is 3.00. The molecule has 0 unspecified atom stereocenters. The van der Waals surface area contributed by atoms with E-state index in [-0.39, 0.29) is 24.0 Å². The molecule has 0 aromatic carbocycles. The molecule has 1 fully saturated rings. The number of nitrogens with zero attached hydrogens (tertiary/aromatic N) is 3. The van der Waals surface area contributed by atoms with Gasteiger partial charge in [-0.1, -0.05) is 19.1 Å². The summed E-state index contributed by atoms with van der Waals surface area (Å²) in [5, 5.41) is 6.68. The molecule has 1 aliphatic heterocycles. The van der Waals surface area contributed by atoms with Crippen molar-refractivity contribution in [2.75, 3.05) is 26.2 Å². The van der Waals surface area contributed by atoms with Crippen molar-refractivity contribution in [2.45, 2.75) is 39.7 Å². The van der Waals surface area contributed by atoms with Crippen LogP contribution in [0.3, 0.4) is 0 Å². The minimum atomic E-state index is 0. The number of halogens is 1. The van der Waals surface area contributed by atoms with Gasteiger partial charge in [-0.3, -0.25) is 4.90 Å². The van der Waals surface area contributed by atoms with E-state index in [0.29, 0.717) is 18.4 Å². The second kappa shape index (κ2) is 11.0. The molecule has 0 radical (unpaired) electrons. The highest BCUT2D eigenvalue weighted by atomic mass is 127. The van der Waals surface area contributed by atoms with E-state index in [1.54, 1.807) is 11.3 Å². The zero-order valence-corrected chi connectivity index (χ0v) is 17.9. The number of guanidine groups is 1. The van der Waals surface area contributed by atoms with Crippen LogP contribution >= 0.6 is 35.3 Å². The molecule has 0 saturated carbocycles. The first-order valence-corrected chi connectivity index (χ1v) is 9.28. The maximum atomic E-state index is 5.86. The van der Waals surface area contributed by atoms with Crippen LogP contribution in [0.2, 0.25) is 0 Å². The molecule has 5 nitrogen and oxygen atoms in total. The number of rotatable bonds is 7. The third-order valence-corrected chi connectivity index (χ3v) is 5.13. The molecule has 0 bridgehead atoms. The summed E-state index contributed by atoms with van der Waals surface area (Å²) in [7, 11) is 0. The molecule has 1 aromatic rings. The van der Waals surface area contributed by atoms with Gasteiger partial charge in [-0.05, 0) is 45.2 Å². The highest BCUT2D eigenvalue weighted by Crippen LogP contribution is 2.19. The third kappa shape index (κ3) is 7.48. The van der Waals surface area contributed by atoms with Crippen LogP contribution in [0.1, 0.15) is 37.4 Å². The first kappa shape index (κ1) is 21.4. The molecule has 24 heavy (non-hydrogen) atoms. The fourth-order valence-corrected chi connectivity index (χ4v) is 3.42. The van der Waals surface area contributed by atoms with Crippen molar-refractivity contribution in [3.63, 3.8) is 0 Å². The van der Waals surface area contributed by atoms with Gasteiger partial charge in [0.25, 0.3) is 0 Å². The maximum Gasteiger partial charge on any atom is 0.188 e. The van der Waals surface area contributed by atoms with Gasteiger partial charge in [0.05, 0.1) is 17.2 Å². The molecule has 1 saturated heterocycles. The Morgan fingerprint density at radius 2 is 2.21 bits per heavy atom. The first-order chi connectivity index (χ1) is 11.1. The van der Waals surface area contributed by atoms with Gasteiger partial charge in [-0.25, -0.2) is 9.98 Å². The van der Waals surface area contributed by atoms with Crippen LogP contribution in [0, 0.1) is 5.92 Å². The Hall–Kier alpha value is -0.670. The number of nitrogens with one attached hydrogen (secondary N) is 1. The van der Waals surface area contributed by atoms with Crippen LogP contribution in [0.25, 0.3) is 0 Å². The molecule has 1 aromatic heterocycles. The number of aryl methyl sites for hydroxylation is 1. The lowest BCUT2D eigenvalue weighted by molar-refractivity contribution is 0.176. The van der Waals surface area contributed by atoms with Gasteiger partial charge in [0.2, 0.25) is 0 Å². The van der Waals surface area contributed by atoms with Crippen LogP contribution < -0.4 is 11.1 Å². The molecule has 7 heteroatoms. The minimum absolute atomic E-state index is 0. The average molecular weight is 463 g/mol. The Kier molecular flexibility index (Phi) is 9.84. The van der Waals surface area contributed by atoms with Gasteiger partial charge in [-0.2, -0.15) is 0 Å². The second-order valence-corrected chi connectivity index (χ2v) is 7.29. The highest BCUT2D eigenvalue weighted by molar-refractivity contribution is 14.0. The Balaban J connectivity index is 0.00000288. The SMILES string of the molecule is C=C(C)CN=C(N)NCC1CCN(Cc2csc(CC)n2)CC1.I. The quantitative estimate of drug-likeness (QED) is 0.283. The van der Waals surface area contributed by atoms with E-state index < -0.39 is 0 Å². The molecular formula is C17H30IN5S. The summed E-state index contributed by atoms with van der Waals surface area (Å²) in [5.74, 6) is 1.21. The van der Waals surface area contributed by atoms with Crippen molar-refractivity contribution in [3.8, 4) is 0 Å². The maximum absolute atomic E-state index is 5.86. The fraction of sp³-hybridized carbons (Fsp3) is 0.647. The summed E-state index contributed by atoms with van der Waals surface area (Å²) >= 11 is 1.78. The van der Waals surface area contributed by atoms with E-state index in [2.05, 4.69) is 39.1 Å². The lowest BCUT2D eigenvalue weighted by atomic mass is 9.97. The van der Waals surface area contributed by atoms with E-state index in [4.69, 9.17) is 5.73 Å². The van der Waals surface area contributed by atoms with E-state index in [1.165, 1.54) is 23.5 Å². The van der Waals surface area contributed by atoms with Gasteiger partial charge in [0.15, 0.2) is 5.96 Å². The zero-order chi connectivity index (χ0) is 16.7. The van der Waals surface area contributed by atoms with Crippen LogP contribution in [-0.4, -0.2) is 42.0 Å². The van der Waals surface area contributed by atoms with Crippen molar-refractivity contribution in [1.82, 2.24) is 15.2 Å². The molecule has 2 heterocycles. The molecule has 136 valence electrons. The van der Waals surface area contributed by atoms with Gasteiger partial charge in [0, 0.05) is 18.5 Å². The topological polar surface area (TPSA) is 66.5 Å². The minimum Gasteiger partial charge on any atom is -0.370 e. The third-order valence-electron chi connectivity index (χ3n) is 4.09. The standard InChI is InChI=1S/C17H29N5S.HI/c1-4-16-21-15(12-23-16)11-22-7-5-14(6-8-22)10-20-17(18)19-9-13(2)3;/h12,14H,2,4-11H2,1,3H3,(H3,18,19,20);1H. The Morgan fingerprint density at radius 3 is 2.79 bits per heavy atom. The number of hydrogen-bond donors (Lipinski definition) is 2. The van der Waals surface area contributed by atoms with Crippen molar-refractivity contribution >= 4 is 41.3 Å². The zero-order valence-electron chi connectivity index (χ0n) is 14.8.